The number of cyclic esters (lactones) is 1. The quantitative estimate of drug-likeness (QED) is 0.788. The van der Waals surface area contributed by atoms with E-state index in [0.29, 0.717) is 0 Å². The summed E-state index contributed by atoms with van der Waals surface area (Å²) in [5, 5.41) is 9.36. The number of hydrogen-bond donors (Lipinski definition) is 1. The fraction of sp³-hybridized carbons (Fsp3) is 0.526. The van der Waals surface area contributed by atoms with Crippen LogP contribution in [-0.4, -0.2) is 28.0 Å². The fourth-order valence-electron chi connectivity index (χ4n) is 2.44. The zero-order valence-corrected chi connectivity index (χ0v) is 15.1. The van der Waals surface area contributed by atoms with Gasteiger partial charge in [0.1, 0.15) is 10.9 Å². The van der Waals surface area contributed by atoms with Gasteiger partial charge in [0.05, 0.1) is 6.10 Å². The molecule has 1 aliphatic rings. The molecule has 126 valence electrons. The number of hydrogen-bond acceptors (Lipinski definition) is 4. The predicted molar refractivity (Wildman–Crippen MR) is 95.4 cm³/mol. The normalized spacial score (nSPS) is 23.0. The van der Waals surface area contributed by atoms with Gasteiger partial charge in [0.2, 0.25) is 0 Å². The summed E-state index contributed by atoms with van der Waals surface area (Å²) in [6.45, 7) is 7.76. The Morgan fingerprint density at radius 1 is 1.35 bits per heavy atom. The maximum Gasteiger partial charge on any atom is 0.320 e. The van der Waals surface area contributed by atoms with Gasteiger partial charge in [-0.25, -0.2) is 0 Å². The molecule has 1 fully saturated rings. The lowest BCUT2D eigenvalue weighted by molar-refractivity contribution is -0.145. The fourth-order valence-corrected chi connectivity index (χ4v) is 3.69. The van der Waals surface area contributed by atoms with E-state index in [1.807, 2.05) is 39.8 Å². The van der Waals surface area contributed by atoms with E-state index in [9.17, 15) is 9.90 Å². The van der Waals surface area contributed by atoms with Crippen LogP contribution in [0.25, 0.3) is 6.08 Å². The standard InChI is InChI=1S/C19H26O3S/c1-13(14(2)20)6-5-7-15-8-10-16(11-9-15)23-17-12-19(3,4)22-18(17)21/h5,7-11,13-14,17,20H,6,12H2,1-4H3/b7-5+/t13-,14+,17?/m1/s1. The molecule has 0 saturated carbocycles. The molecule has 2 rings (SSSR count). The highest BCUT2D eigenvalue weighted by Gasteiger charge is 2.40. The topological polar surface area (TPSA) is 46.5 Å². The molecule has 1 aromatic carbocycles. The van der Waals surface area contributed by atoms with E-state index in [1.54, 1.807) is 11.8 Å². The molecule has 0 aliphatic carbocycles. The SMILES string of the molecule is C[C@H](O)[C@H](C)C/C=C/c1ccc(SC2CC(C)(C)OC2=O)cc1. The van der Waals surface area contributed by atoms with E-state index in [2.05, 4.69) is 24.3 Å². The third-order valence-electron chi connectivity index (χ3n) is 4.12. The summed E-state index contributed by atoms with van der Waals surface area (Å²) in [5.41, 5.74) is 0.777. The Kier molecular flexibility index (Phi) is 5.93. The van der Waals surface area contributed by atoms with E-state index in [4.69, 9.17) is 4.74 Å². The number of carbonyl (C=O) groups is 1. The molecule has 23 heavy (non-hydrogen) atoms. The summed E-state index contributed by atoms with van der Waals surface area (Å²) in [5.74, 6) is 0.147. The van der Waals surface area contributed by atoms with E-state index in [0.717, 1.165) is 23.3 Å². The van der Waals surface area contributed by atoms with Crippen LogP contribution in [0.4, 0.5) is 0 Å². The first-order valence-electron chi connectivity index (χ1n) is 8.11. The van der Waals surface area contributed by atoms with Crippen molar-refractivity contribution in [3.63, 3.8) is 0 Å². The van der Waals surface area contributed by atoms with Crippen molar-refractivity contribution in [1.29, 1.82) is 0 Å². The zero-order valence-electron chi connectivity index (χ0n) is 14.3. The van der Waals surface area contributed by atoms with Crippen molar-refractivity contribution in [2.24, 2.45) is 5.92 Å². The Hall–Kier alpha value is -1.26. The first kappa shape index (κ1) is 18.1. The maximum absolute atomic E-state index is 11.8. The number of esters is 1. The van der Waals surface area contributed by atoms with Crippen molar-refractivity contribution in [2.75, 3.05) is 0 Å². The zero-order chi connectivity index (χ0) is 17.0. The van der Waals surface area contributed by atoms with Crippen molar-refractivity contribution in [1.82, 2.24) is 0 Å². The Bertz CT molecular complexity index is 560. The summed E-state index contributed by atoms with van der Waals surface area (Å²) in [7, 11) is 0. The van der Waals surface area contributed by atoms with Gasteiger partial charge in [0.25, 0.3) is 0 Å². The Balaban J connectivity index is 1.90. The van der Waals surface area contributed by atoms with Crippen molar-refractivity contribution in [3.05, 3.63) is 35.9 Å². The van der Waals surface area contributed by atoms with Gasteiger partial charge in [-0.2, -0.15) is 0 Å². The molecule has 0 bridgehead atoms. The lowest BCUT2D eigenvalue weighted by atomic mass is 10.0. The number of aliphatic hydroxyl groups is 1. The number of ether oxygens (including phenoxy) is 1. The number of rotatable bonds is 6. The molecular weight excluding hydrogens is 308 g/mol. The monoisotopic (exact) mass is 334 g/mol. The van der Waals surface area contributed by atoms with Gasteiger partial charge in [-0.15, -0.1) is 11.8 Å². The molecule has 4 heteroatoms. The molecule has 1 aromatic rings. The van der Waals surface area contributed by atoms with Crippen LogP contribution in [0.2, 0.25) is 0 Å². The number of aliphatic hydroxyl groups excluding tert-OH is 1. The van der Waals surface area contributed by atoms with Gasteiger partial charge >= 0.3 is 5.97 Å². The third kappa shape index (κ3) is 5.40. The molecule has 1 heterocycles. The van der Waals surface area contributed by atoms with E-state index in [1.165, 1.54) is 0 Å². The van der Waals surface area contributed by atoms with Gasteiger partial charge < -0.3 is 9.84 Å². The molecule has 1 saturated heterocycles. The van der Waals surface area contributed by atoms with Crippen molar-refractivity contribution >= 4 is 23.8 Å². The second kappa shape index (κ2) is 7.54. The summed E-state index contributed by atoms with van der Waals surface area (Å²) in [6.07, 6.45) is 5.48. The van der Waals surface area contributed by atoms with Gasteiger partial charge in [0.15, 0.2) is 0 Å². The highest BCUT2D eigenvalue weighted by Crippen LogP contribution is 2.37. The summed E-state index contributed by atoms with van der Waals surface area (Å²) in [4.78, 5) is 12.9. The summed E-state index contributed by atoms with van der Waals surface area (Å²) >= 11 is 1.57. The summed E-state index contributed by atoms with van der Waals surface area (Å²) < 4.78 is 5.36. The molecule has 3 atom stereocenters. The van der Waals surface area contributed by atoms with Crippen LogP contribution in [0.15, 0.2) is 35.2 Å². The van der Waals surface area contributed by atoms with Crippen LogP contribution in [0.1, 0.15) is 46.1 Å². The predicted octanol–water partition coefficient (Wildman–Crippen LogP) is 4.29. The van der Waals surface area contributed by atoms with E-state index < -0.39 is 0 Å². The van der Waals surface area contributed by atoms with Crippen molar-refractivity contribution in [3.8, 4) is 0 Å². The average Bonchev–Trinajstić information content (AvgIpc) is 2.73. The number of thioether (sulfide) groups is 1. The van der Waals surface area contributed by atoms with Crippen LogP contribution in [0, 0.1) is 5.92 Å². The number of benzene rings is 1. The van der Waals surface area contributed by atoms with Gasteiger partial charge in [0, 0.05) is 11.3 Å². The first-order chi connectivity index (χ1) is 10.8. The van der Waals surface area contributed by atoms with Crippen LogP contribution < -0.4 is 0 Å². The molecule has 0 aromatic heterocycles. The lowest BCUT2D eigenvalue weighted by Gasteiger charge is -2.14. The molecule has 1 unspecified atom stereocenters. The second-order valence-corrected chi connectivity index (χ2v) is 8.19. The molecular formula is C19H26O3S. The molecule has 0 amide bonds. The third-order valence-corrected chi connectivity index (χ3v) is 5.30. The highest BCUT2D eigenvalue weighted by atomic mass is 32.2. The van der Waals surface area contributed by atoms with Crippen LogP contribution in [0.3, 0.4) is 0 Å². The lowest BCUT2D eigenvalue weighted by Crippen LogP contribution is -2.17. The second-order valence-electron chi connectivity index (χ2n) is 6.92. The number of carbonyl (C=O) groups excluding carboxylic acids is 1. The molecule has 3 nitrogen and oxygen atoms in total. The van der Waals surface area contributed by atoms with Gasteiger partial charge in [-0.05, 0) is 50.8 Å². The minimum Gasteiger partial charge on any atom is -0.459 e. The Morgan fingerprint density at radius 2 is 2.00 bits per heavy atom. The van der Waals surface area contributed by atoms with Crippen molar-refractivity contribution in [2.45, 2.75) is 62.4 Å². The Morgan fingerprint density at radius 3 is 2.52 bits per heavy atom. The maximum atomic E-state index is 11.8. The molecule has 0 spiro atoms. The van der Waals surface area contributed by atoms with Crippen molar-refractivity contribution < 1.29 is 14.6 Å². The number of allylic oxidation sites excluding steroid dienone is 1. The smallest absolute Gasteiger partial charge is 0.320 e. The molecule has 0 radical (unpaired) electrons. The minimum absolute atomic E-state index is 0.113. The van der Waals surface area contributed by atoms with Crippen LogP contribution >= 0.6 is 11.8 Å². The Labute approximate surface area is 143 Å². The largest absolute Gasteiger partial charge is 0.459 e. The highest BCUT2D eigenvalue weighted by molar-refractivity contribution is 8.00. The first-order valence-corrected chi connectivity index (χ1v) is 8.99. The summed E-state index contributed by atoms with van der Waals surface area (Å²) in [6, 6.07) is 8.19. The van der Waals surface area contributed by atoms with E-state index in [-0.39, 0.29) is 28.8 Å². The van der Waals surface area contributed by atoms with Gasteiger partial charge in [-0.3, -0.25) is 4.79 Å². The minimum atomic E-state index is -0.349. The molecule has 1 aliphatic heterocycles. The van der Waals surface area contributed by atoms with Crippen LogP contribution in [0.5, 0.6) is 0 Å². The molecule has 1 N–H and O–H groups in total. The average molecular weight is 334 g/mol. The van der Waals surface area contributed by atoms with Gasteiger partial charge in [-0.1, -0.05) is 31.2 Å². The van der Waals surface area contributed by atoms with E-state index >= 15 is 0 Å². The van der Waals surface area contributed by atoms with Crippen LogP contribution in [-0.2, 0) is 9.53 Å².